The van der Waals surface area contributed by atoms with Crippen LogP contribution < -0.4 is 0 Å². The van der Waals surface area contributed by atoms with Crippen molar-refractivity contribution in [2.75, 3.05) is 0 Å². The van der Waals surface area contributed by atoms with Crippen LogP contribution in [-0.2, 0) is 14.9 Å². The molecule has 0 fully saturated rings. The van der Waals surface area contributed by atoms with Crippen LogP contribution >= 0.6 is 0 Å². The minimum atomic E-state index is -4.13. The molecule has 0 aliphatic carbocycles. The largest absolute Gasteiger partial charge is 0.481 e. The van der Waals surface area contributed by atoms with Crippen LogP contribution in [0.3, 0.4) is 0 Å². The average molecular weight is 300 g/mol. The number of carbonyl (C=O) groups is 1. The molecule has 5 nitrogen and oxygen atoms in total. The third-order valence-corrected chi connectivity index (χ3v) is 4.14. The van der Waals surface area contributed by atoms with Crippen molar-refractivity contribution in [1.82, 2.24) is 0 Å². The molecule has 20 heavy (non-hydrogen) atoms. The molecule has 0 spiro atoms. The molecule has 6 heteroatoms. The molecule has 1 aromatic rings. The van der Waals surface area contributed by atoms with Crippen LogP contribution in [0, 0.1) is 0 Å². The summed E-state index contributed by atoms with van der Waals surface area (Å²) in [4.78, 5) is 10.3. The molecule has 0 aliphatic rings. The zero-order chi connectivity index (χ0) is 15.2. The molecule has 2 N–H and O–H groups in total. The lowest BCUT2D eigenvalue weighted by molar-refractivity contribution is -0.137. The highest BCUT2D eigenvalue weighted by molar-refractivity contribution is 7.85. The zero-order valence-electron chi connectivity index (χ0n) is 11.4. The van der Waals surface area contributed by atoms with Crippen LogP contribution in [0.4, 0.5) is 0 Å². The fourth-order valence-corrected chi connectivity index (χ4v) is 2.52. The van der Waals surface area contributed by atoms with E-state index in [2.05, 4.69) is 0 Å². The van der Waals surface area contributed by atoms with Crippen molar-refractivity contribution in [2.45, 2.75) is 49.8 Å². The first-order valence-electron chi connectivity index (χ1n) is 6.60. The molecular weight excluding hydrogens is 280 g/mol. The molecule has 0 saturated carbocycles. The molecular formula is C14H20O5S. The van der Waals surface area contributed by atoms with Gasteiger partial charge in [-0.15, -0.1) is 0 Å². The minimum Gasteiger partial charge on any atom is -0.481 e. The lowest BCUT2D eigenvalue weighted by atomic mass is 9.95. The van der Waals surface area contributed by atoms with Crippen molar-refractivity contribution in [3.05, 3.63) is 29.8 Å². The Balaban J connectivity index is 2.44. The Kier molecular flexibility index (Phi) is 6.16. The summed E-state index contributed by atoms with van der Waals surface area (Å²) >= 11 is 0. The Hall–Kier alpha value is -1.40. The fourth-order valence-electron chi connectivity index (χ4n) is 2.04. The number of aliphatic carboxylic acids is 1. The summed E-state index contributed by atoms with van der Waals surface area (Å²) in [7, 11) is -4.13. The Morgan fingerprint density at radius 3 is 2.25 bits per heavy atom. The Labute approximate surface area is 119 Å². The van der Waals surface area contributed by atoms with Crippen LogP contribution in [0.25, 0.3) is 0 Å². The summed E-state index contributed by atoms with van der Waals surface area (Å²) in [6.07, 6.45) is 3.63. The SMILES string of the molecule is CC(CCCCCC(=O)O)c1ccc(S(=O)(=O)O)cc1. The van der Waals surface area contributed by atoms with Gasteiger partial charge in [0.05, 0.1) is 4.90 Å². The summed E-state index contributed by atoms with van der Waals surface area (Å²) < 4.78 is 30.7. The van der Waals surface area contributed by atoms with Crippen molar-refractivity contribution in [2.24, 2.45) is 0 Å². The van der Waals surface area contributed by atoms with Gasteiger partial charge < -0.3 is 5.11 Å². The van der Waals surface area contributed by atoms with Gasteiger partial charge in [-0.05, 0) is 36.5 Å². The first-order chi connectivity index (χ1) is 9.30. The van der Waals surface area contributed by atoms with Crippen molar-refractivity contribution >= 4 is 16.1 Å². The summed E-state index contributed by atoms with van der Waals surface area (Å²) in [5.41, 5.74) is 1.01. The number of rotatable bonds is 8. The predicted octanol–water partition coefficient (Wildman–Crippen LogP) is 3.07. The van der Waals surface area contributed by atoms with Gasteiger partial charge in [0.2, 0.25) is 0 Å². The number of carboxylic acid groups (broad SMARTS) is 1. The van der Waals surface area contributed by atoms with E-state index in [1.807, 2.05) is 6.92 Å². The van der Waals surface area contributed by atoms with E-state index < -0.39 is 16.1 Å². The Morgan fingerprint density at radius 1 is 1.15 bits per heavy atom. The average Bonchev–Trinajstić information content (AvgIpc) is 2.37. The standard InChI is InChI=1S/C14H20O5S/c1-11(5-3-2-4-6-14(15)16)12-7-9-13(10-8-12)20(17,18)19/h7-11H,2-6H2,1H3,(H,15,16)(H,17,18,19). The monoisotopic (exact) mass is 300 g/mol. The molecule has 0 bridgehead atoms. The summed E-state index contributed by atoms with van der Waals surface area (Å²) in [5, 5.41) is 8.52. The third-order valence-electron chi connectivity index (χ3n) is 3.27. The smallest absolute Gasteiger partial charge is 0.303 e. The number of benzene rings is 1. The van der Waals surface area contributed by atoms with E-state index in [1.165, 1.54) is 12.1 Å². The minimum absolute atomic E-state index is 0.102. The molecule has 0 saturated heterocycles. The highest BCUT2D eigenvalue weighted by Gasteiger charge is 2.11. The van der Waals surface area contributed by atoms with Gasteiger partial charge in [0.25, 0.3) is 10.1 Å². The van der Waals surface area contributed by atoms with Gasteiger partial charge >= 0.3 is 5.97 Å². The van der Waals surface area contributed by atoms with Gasteiger partial charge in [0.1, 0.15) is 0 Å². The van der Waals surface area contributed by atoms with Gasteiger partial charge in [0.15, 0.2) is 0 Å². The number of carboxylic acids is 1. The predicted molar refractivity (Wildman–Crippen MR) is 75.4 cm³/mol. The van der Waals surface area contributed by atoms with Crippen LogP contribution in [0.1, 0.15) is 50.5 Å². The highest BCUT2D eigenvalue weighted by atomic mass is 32.2. The normalized spacial score (nSPS) is 13.1. The molecule has 0 amide bonds. The molecule has 1 rings (SSSR count). The number of unbranched alkanes of at least 4 members (excludes halogenated alkanes) is 2. The van der Waals surface area contributed by atoms with Gasteiger partial charge in [-0.1, -0.05) is 31.9 Å². The van der Waals surface area contributed by atoms with Crippen LogP contribution in [0.5, 0.6) is 0 Å². The van der Waals surface area contributed by atoms with Crippen molar-refractivity contribution in [1.29, 1.82) is 0 Å². The van der Waals surface area contributed by atoms with Crippen LogP contribution in [-0.4, -0.2) is 24.0 Å². The van der Waals surface area contributed by atoms with E-state index in [-0.39, 0.29) is 17.2 Å². The molecule has 112 valence electrons. The van der Waals surface area contributed by atoms with E-state index >= 15 is 0 Å². The topological polar surface area (TPSA) is 91.7 Å². The summed E-state index contributed by atoms with van der Waals surface area (Å²) in [5.74, 6) is -0.492. The van der Waals surface area contributed by atoms with Gasteiger partial charge in [-0.2, -0.15) is 8.42 Å². The first-order valence-corrected chi connectivity index (χ1v) is 8.04. The summed E-state index contributed by atoms with van der Waals surface area (Å²) in [6.45, 7) is 2.04. The second-order valence-electron chi connectivity index (χ2n) is 4.94. The molecule has 1 unspecified atom stereocenters. The zero-order valence-corrected chi connectivity index (χ0v) is 12.3. The Bertz CT molecular complexity index is 533. The van der Waals surface area contributed by atoms with E-state index in [0.717, 1.165) is 24.8 Å². The van der Waals surface area contributed by atoms with E-state index in [0.29, 0.717) is 6.42 Å². The van der Waals surface area contributed by atoms with Crippen molar-refractivity contribution < 1.29 is 22.9 Å². The number of hydrogen-bond acceptors (Lipinski definition) is 3. The highest BCUT2D eigenvalue weighted by Crippen LogP contribution is 2.23. The van der Waals surface area contributed by atoms with E-state index in [9.17, 15) is 13.2 Å². The van der Waals surface area contributed by atoms with E-state index in [1.54, 1.807) is 12.1 Å². The van der Waals surface area contributed by atoms with Crippen molar-refractivity contribution in [3.8, 4) is 0 Å². The van der Waals surface area contributed by atoms with Gasteiger partial charge in [-0.25, -0.2) is 0 Å². The summed E-state index contributed by atoms with van der Waals surface area (Å²) in [6, 6.07) is 6.19. The Morgan fingerprint density at radius 2 is 1.75 bits per heavy atom. The second-order valence-corrected chi connectivity index (χ2v) is 6.36. The molecule has 1 aromatic carbocycles. The maximum Gasteiger partial charge on any atom is 0.303 e. The molecule has 0 heterocycles. The number of hydrogen-bond donors (Lipinski definition) is 2. The molecule has 0 aromatic heterocycles. The lowest BCUT2D eigenvalue weighted by Crippen LogP contribution is -2.00. The molecule has 0 radical (unpaired) electrons. The second kappa shape index (κ2) is 7.40. The molecule has 1 atom stereocenters. The fraction of sp³-hybridized carbons (Fsp3) is 0.500. The van der Waals surface area contributed by atoms with Crippen LogP contribution in [0.15, 0.2) is 29.2 Å². The quantitative estimate of drug-likeness (QED) is 0.568. The lowest BCUT2D eigenvalue weighted by Gasteiger charge is -2.12. The van der Waals surface area contributed by atoms with E-state index in [4.69, 9.17) is 9.66 Å². The van der Waals surface area contributed by atoms with Crippen molar-refractivity contribution in [3.63, 3.8) is 0 Å². The first kappa shape index (κ1) is 16.7. The third kappa shape index (κ3) is 5.71. The van der Waals surface area contributed by atoms with Gasteiger partial charge in [-0.3, -0.25) is 9.35 Å². The maximum atomic E-state index is 10.9. The maximum absolute atomic E-state index is 10.9. The molecule has 0 aliphatic heterocycles. The van der Waals surface area contributed by atoms with Gasteiger partial charge in [0, 0.05) is 6.42 Å². The van der Waals surface area contributed by atoms with Crippen LogP contribution in [0.2, 0.25) is 0 Å².